The van der Waals surface area contributed by atoms with Crippen LogP contribution in [0.15, 0.2) is 12.1 Å². The number of fused-ring (bicyclic) bond motifs is 2. The van der Waals surface area contributed by atoms with Crippen LogP contribution < -0.4 is 0 Å². The van der Waals surface area contributed by atoms with Crippen molar-refractivity contribution in [1.82, 2.24) is 9.88 Å². The van der Waals surface area contributed by atoms with Gasteiger partial charge in [-0.15, -0.1) is 0 Å². The molecule has 3 rings (SSSR count). The van der Waals surface area contributed by atoms with E-state index in [1.807, 2.05) is 13.0 Å². The van der Waals surface area contributed by atoms with Crippen LogP contribution in [-0.4, -0.2) is 38.1 Å². The predicted octanol–water partition coefficient (Wildman–Crippen LogP) is 2.31. The molecule has 1 aromatic heterocycles. The lowest BCUT2D eigenvalue weighted by Crippen LogP contribution is -2.42. The van der Waals surface area contributed by atoms with Gasteiger partial charge in [0.1, 0.15) is 5.75 Å². The minimum Gasteiger partial charge on any atom is -0.506 e. The Morgan fingerprint density at radius 1 is 1.33 bits per heavy atom. The monoisotopic (exact) mass is 290 g/mol. The number of hydrogen-bond acceptors (Lipinski definition) is 4. The second kappa shape index (κ2) is 5.64. The van der Waals surface area contributed by atoms with Crippen LogP contribution in [0.5, 0.6) is 5.75 Å². The number of carboxylic acids is 1. The molecule has 0 aromatic carbocycles. The molecule has 0 radical (unpaired) electrons. The Bertz CT molecular complexity index is 532. The van der Waals surface area contributed by atoms with Gasteiger partial charge >= 0.3 is 5.97 Å². The lowest BCUT2D eigenvalue weighted by Gasteiger charge is -2.38. The molecule has 2 fully saturated rings. The molecule has 2 N–H and O–H groups in total. The SMILES string of the molecule is Cc1ccc(O)c(CN2C3CCC2CC(CC(=O)O)C3)n1. The van der Waals surface area contributed by atoms with Crippen molar-refractivity contribution in [3.8, 4) is 5.75 Å². The van der Waals surface area contributed by atoms with Crippen molar-refractivity contribution >= 4 is 5.97 Å². The van der Waals surface area contributed by atoms with E-state index in [-0.39, 0.29) is 12.2 Å². The van der Waals surface area contributed by atoms with Gasteiger partial charge in [0.25, 0.3) is 0 Å². The number of rotatable bonds is 4. The fourth-order valence-electron chi connectivity index (χ4n) is 3.95. The molecule has 114 valence electrons. The zero-order valence-corrected chi connectivity index (χ0v) is 12.3. The van der Waals surface area contributed by atoms with Crippen molar-refractivity contribution < 1.29 is 15.0 Å². The summed E-state index contributed by atoms with van der Waals surface area (Å²) in [7, 11) is 0. The van der Waals surface area contributed by atoms with Gasteiger partial charge in [0, 0.05) is 30.7 Å². The molecule has 5 nitrogen and oxygen atoms in total. The first-order chi connectivity index (χ1) is 10.0. The molecular weight excluding hydrogens is 268 g/mol. The third-order valence-corrected chi connectivity index (χ3v) is 4.87. The Kier molecular flexibility index (Phi) is 3.85. The summed E-state index contributed by atoms with van der Waals surface area (Å²) in [5, 5.41) is 18.9. The number of aliphatic carboxylic acids is 1. The minimum absolute atomic E-state index is 0.257. The topological polar surface area (TPSA) is 73.7 Å². The average molecular weight is 290 g/mol. The quantitative estimate of drug-likeness (QED) is 0.890. The maximum absolute atomic E-state index is 10.9. The Morgan fingerprint density at radius 2 is 2.00 bits per heavy atom. The largest absolute Gasteiger partial charge is 0.506 e. The van der Waals surface area contributed by atoms with E-state index in [9.17, 15) is 9.90 Å². The molecule has 2 aliphatic rings. The third kappa shape index (κ3) is 3.02. The molecule has 0 spiro atoms. The number of nitrogens with zero attached hydrogens (tertiary/aromatic N) is 2. The van der Waals surface area contributed by atoms with E-state index >= 15 is 0 Å². The number of aryl methyl sites for hydroxylation is 1. The smallest absolute Gasteiger partial charge is 0.303 e. The van der Waals surface area contributed by atoms with Crippen molar-refractivity contribution in [1.29, 1.82) is 0 Å². The summed E-state index contributed by atoms with van der Waals surface area (Å²) in [5.74, 6) is -0.131. The first-order valence-electron chi connectivity index (χ1n) is 7.66. The molecule has 2 atom stereocenters. The average Bonchev–Trinajstić information content (AvgIpc) is 2.65. The highest BCUT2D eigenvalue weighted by atomic mass is 16.4. The lowest BCUT2D eigenvalue weighted by atomic mass is 9.88. The number of carbonyl (C=O) groups is 1. The standard InChI is InChI=1S/C16H22N2O3/c1-10-2-5-15(19)14(17-10)9-18-12-3-4-13(18)7-11(6-12)8-16(20)21/h2,5,11-13,19H,3-4,6-9H2,1H3,(H,20,21). The predicted molar refractivity (Wildman–Crippen MR) is 78.0 cm³/mol. The van der Waals surface area contributed by atoms with E-state index in [2.05, 4.69) is 9.88 Å². The zero-order valence-electron chi connectivity index (χ0n) is 12.3. The van der Waals surface area contributed by atoms with Crippen LogP contribution in [0.25, 0.3) is 0 Å². The Balaban J connectivity index is 1.71. The number of carboxylic acid groups (broad SMARTS) is 1. The van der Waals surface area contributed by atoms with Gasteiger partial charge in [0.15, 0.2) is 0 Å². The van der Waals surface area contributed by atoms with Crippen molar-refractivity contribution in [3.63, 3.8) is 0 Å². The summed E-state index contributed by atoms with van der Waals surface area (Å²) >= 11 is 0. The maximum atomic E-state index is 10.9. The third-order valence-electron chi connectivity index (χ3n) is 4.87. The molecule has 2 saturated heterocycles. The summed E-state index contributed by atoms with van der Waals surface area (Å²) in [5.41, 5.74) is 1.65. The first-order valence-corrected chi connectivity index (χ1v) is 7.66. The highest BCUT2D eigenvalue weighted by Gasteiger charge is 2.41. The molecule has 3 heterocycles. The van der Waals surface area contributed by atoms with Gasteiger partial charge in [-0.25, -0.2) is 0 Å². The molecule has 2 aliphatic heterocycles. The molecule has 2 unspecified atom stereocenters. The Morgan fingerprint density at radius 3 is 2.62 bits per heavy atom. The van der Waals surface area contributed by atoms with Gasteiger partial charge < -0.3 is 10.2 Å². The van der Waals surface area contributed by atoms with Gasteiger partial charge in [-0.1, -0.05) is 0 Å². The van der Waals surface area contributed by atoms with Crippen LogP contribution in [-0.2, 0) is 11.3 Å². The fraction of sp³-hybridized carbons (Fsp3) is 0.625. The molecule has 0 saturated carbocycles. The zero-order chi connectivity index (χ0) is 15.0. The second-order valence-electron chi connectivity index (χ2n) is 6.41. The van der Waals surface area contributed by atoms with E-state index in [0.717, 1.165) is 37.1 Å². The highest BCUT2D eigenvalue weighted by molar-refractivity contribution is 5.67. The van der Waals surface area contributed by atoms with E-state index in [0.29, 0.717) is 24.5 Å². The van der Waals surface area contributed by atoms with E-state index < -0.39 is 5.97 Å². The summed E-state index contributed by atoms with van der Waals surface area (Å²) in [6, 6.07) is 4.40. The van der Waals surface area contributed by atoms with E-state index in [4.69, 9.17) is 5.11 Å². The summed E-state index contributed by atoms with van der Waals surface area (Å²) < 4.78 is 0. The Hall–Kier alpha value is -1.62. The summed E-state index contributed by atoms with van der Waals surface area (Å²) in [6.07, 6.45) is 4.46. The molecule has 21 heavy (non-hydrogen) atoms. The van der Waals surface area contributed by atoms with Gasteiger partial charge in [-0.05, 0) is 50.7 Å². The van der Waals surface area contributed by atoms with Crippen LogP contribution in [0.3, 0.4) is 0 Å². The van der Waals surface area contributed by atoms with Crippen molar-refractivity contribution in [2.45, 2.75) is 57.7 Å². The summed E-state index contributed by atoms with van der Waals surface area (Å²) in [6.45, 7) is 2.60. The van der Waals surface area contributed by atoms with E-state index in [1.165, 1.54) is 0 Å². The maximum Gasteiger partial charge on any atom is 0.303 e. The van der Waals surface area contributed by atoms with Crippen LogP contribution in [0, 0.1) is 12.8 Å². The second-order valence-corrected chi connectivity index (χ2v) is 6.41. The molecular formula is C16H22N2O3. The molecule has 0 aliphatic carbocycles. The van der Waals surface area contributed by atoms with Gasteiger partial charge in [-0.2, -0.15) is 0 Å². The van der Waals surface area contributed by atoms with Crippen LogP contribution in [0.1, 0.15) is 43.5 Å². The van der Waals surface area contributed by atoms with Crippen LogP contribution in [0.2, 0.25) is 0 Å². The number of hydrogen-bond donors (Lipinski definition) is 2. The highest BCUT2D eigenvalue weighted by Crippen LogP contribution is 2.41. The minimum atomic E-state index is -0.689. The van der Waals surface area contributed by atoms with Crippen LogP contribution >= 0.6 is 0 Å². The van der Waals surface area contributed by atoms with Crippen molar-refractivity contribution in [3.05, 3.63) is 23.5 Å². The summed E-state index contributed by atoms with van der Waals surface area (Å²) in [4.78, 5) is 17.8. The first kappa shape index (κ1) is 14.3. The number of aromatic hydroxyl groups is 1. The molecule has 0 amide bonds. The molecule has 5 heteroatoms. The van der Waals surface area contributed by atoms with E-state index in [1.54, 1.807) is 6.07 Å². The lowest BCUT2D eigenvalue weighted by molar-refractivity contribution is -0.138. The van der Waals surface area contributed by atoms with Gasteiger partial charge in [-0.3, -0.25) is 14.7 Å². The molecule has 1 aromatic rings. The van der Waals surface area contributed by atoms with Gasteiger partial charge in [0.2, 0.25) is 0 Å². The van der Waals surface area contributed by atoms with Crippen molar-refractivity contribution in [2.75, 3.05) is 0 Å². The number of piperidine rings is 1. The van der Waals surface area contributed by atoms with Crippen LogP contribution in [0.4, 0.5) is 0 Å². The molecule has 2 bridgehead atoms. The fourth-order valence-corrected chi connectivity index (χ4v) is 3.95. The Labute approximate surface area is 124 Å². The van der Waals surface area contributed by atoms with Gasteiger partial charge in [0.05, 0.1) is 5.69 Å². The normalized spacial score (nSPS) is 28.7. The number of pyridine rings is 1. The van der Waals surface area contributed by atoms with Crippen molar-refractivity contribution in [2.24, 2.45) is 5.92 Å². The number of aromatic nitrogens is 1.